The van der Waals surface area contributed by atoms with Crippen LogP contribution < -0.4 is 0 Å². The number of hydrogen-bond donors (Lipinski definition) is 0. The molecule has 12 rings (SSSR count). The summed E-state index contributed by atoms with van der Waals surface area (Å²) in [5.74, 6) is 0. The highest BCUT2D eigenvalue weighted by atomic mass is 19.4. The number of nitriles is 3. The molecule has 10 aromatic carbocycles. The summed E-state index contributed by atoms with van der Waals surface area (Å²) in [6, 6.07) is 65.9. The number of hydrogen-bond acceptors (Lipinski definition) is 3. The second-order valence-electron chi connectivity index (χ2n) is 18.6. The van der Waals surface area contributed by atoms with Crippen LogP contribution in [0.3, 0.4) is 0 Å². The molecule has 0 spiro atoms. The van der Waals surface area contributed by atoms with Crippen LogP contribution in [0.4, 0.5) is 30.2 Å². The van der Waals surface area contributed by atoms with Crippen LogP contribution >= 0.6 is 0 Å². The van der Waals surface area contributed by atoms with Crippen LogP contribution in [0.25, 0.3) is 125 Å². The lowest BCUT2D eigenvalue weighted by Gasteiger charge is -2.21. The molecule has 8 nitrogen and oxygen atoms in total. The summed E-state index contributed by atoms with van der Waals surface area (Å²) in [6.45, 7) is 22.9. The topological polar surface area (TPSA) is 94.3 Å². The van der Waals surface area contributed by atoms with E-state index in [1.807, 2.05) is 130 Å². The second kappa shape index (κ2) is 18.8. The largest absolute Gasteiger partial charge is 0.415 e. The van der Waals surface area contributed by atoms with Crippen molar-refractivity contribution in [1.29, 1.82) is 15.8 Å². The number of nitrogens with zero attached hydrogens (tertiary/aromatic N) is 8. The van der Waals surface area contributed by atoms with Crippen molar-refractivity contribution in [3.05, 3.63) is 257 Å². The minimum atomic E-state index is -4.93. The quantitative estimate of drug-likeness (QED) is 0.149. The maximum absolute atomic E-state index is 15.8. The third-order valence-electron chi connectivity index (χ3n) is 14.3. The highest BCUT2D eigenvalue weighted by molar-refractivity contribution is 6.13. The molecule has 0 unspecified atom stereocenters. The van der Waals surface area contributed by atoms with Crippen molar-refractivity contribution in [2.45, 2.75) is 6.18 Å². The zero-order chi connectivity index (χ0) is 53.8. The first-order chi connectivity index (χ1) is 38.0. The van der Waals surface area contributed by atoms with Gasteiger partial charge in [0.1, 0.15) is 6.07 Å². The van der Waals surface area contributed by atoms with Crippen molar-refractivity contribution in [2.24, 2.45) is 0 Å². The molecule has 0 radical (unpaired) electrons. The summed E-state index contributed by atoms with van der Waals surface area (Å²) in [6.07, 6.45) is -4.93. The fourth-order valence-corrected chi connectivity index (χ4v) is 10.5. The van der Waals surface area contributed by atoms with Gasteiger partial charge in [0.15, 0.2) is 17.1 Å². The molecule has 0 aliphatic heterocycles. The Morgan fingerprint density at radius 3 is 1.04 bits per heavy atom. The standard InChI is InChI=1S/C67H33F3N8/c1-74-51-20-12-44(13-21-51)48-18-26-56-55-25-16-46(42-8-4-40(37-71)5-9-42)30-62(55)77(63(56)31-48)61-36-59(54-29-24-53(76-3)35-60(54)67(68,69)70)66(34-50(61)39-73)78-64-32-47(43-10-6-41(38-72)7-11-43)17-27-57(64)58-28-19-49(33-65(58)78)45-14-22-52(75-2)23-15-45/h4-36H. The van der Waals surface area contributed by atoms with Gasteiger partial charge in [-0.1, -0.05) is 133 Å². The van der Waals surface area contributed by atoms with E-state index >= 15 is 13.2 Å². The van der Waals surface area contributed by atoms with Gasteiger partial charge in [0.25, 0.3) is 0 Å². The van der Waals surface area contributed by atoms with Crippen molar-refractivity contribution >= 4 is 60.7 Å². The number of rotatable bonds is 7. The predicted octanol–water partition coefficient (Wildman–Crippen LogP) is 18.5. The Morgan fingerprint density at radius 2 is 0.692 bits per heavy atom. The molecular formula is C67H33F3N8. The predicted molar refractivity (Wildman–Crippen MR) is 300 cm³/mol. The van der Waals surface area contributed by atoms with Gasteiger partial charge >= 0.3 is 6.18 Å². The number of benzene rings is 10. The number of aromatic nitrogens is 2. The lowest BCUT2D eigenvalue weighted by molar-refractivity contribution is -0.137. The van der Waals surface area contributed by atoms with Crippen LogP contribution in [0.5, 0.6) is 0 Å². The van der Waals surface area contributed by atoms with Gasteiger partial charge in [-0.05, 0) is 117 Å². The number of halogens is 3. The molecule has 0 saturated carbocycles. The molecular weight excluding hydrogens is 974 g/mol. The summed E-state index contributed by atoms with van der Waals surface area (Å²) in [5.41, 5.74) is 10.1. The smallest absolute Gasteiger partial charge is 0.309 e. The molecule has 78 heavy (non-hydrogen) atoms. The highest BCUT2D eigenvalue weighted by Gasteiger charge is 2.35. The average molecular weight is 1010 g/mol. The second-order valence-corrected chi connectivity index (χ2v) is 18.6. The van der Waals surface area contributed by atoms with Crippen molar-refractivity contribution in [3.63, 3.8) is 0 Å². The molecule has 0 saturated heterocycles. The fraction of sp³-hybridized carbons (Fsp3) is 0.0149. The summed E-state index contributed by atoms with van der Waals surface area (Å²) >= 11 is 0. The third kappa shape index (κ3) is 8.08. The fourth-order valence-electron chi connectivity index (χ4n) is 10.5. The van der Waals surface area contributed by atoms with Crippen molar-refractivity contribution in [2.75, 3.05) is 0 Å². The Balaban J connectivity index is 1.22. The Morgan fingerprint density at radius 1 is 0.346 bits per heavy atom. The third-order valence-corrected chi connectivity index (χ3v) is 14.3. The Bertz CT molecular complexity index is 4520. The van der Waals surface area contributed by atoms with Crippen LogP contribution in [0.2, 0.25) is 0 Å². The van der Waals surface area contributed by atoms with Gasteiger partial charge < -0.3 is 9.13 Å². The van der Waals surface area contributed by atoms with E-state index in [1.165, 1.54) is 12.1 Å². The maximum atomic E-state index is 15.8. The minimum absolute atomic E-state index is 0.117. The van der Waals surface area contributed by atoms with E-state index in [0.717, 1.165) is 72.1 Å². The van der Waals surface area contributed by atoms with Crippen molar-refractivity contribution < 1.29 is 13.2 Å². The lowest BCUT2D eigenvalue weighted by atomic mass is 9.94. The summed E-state index contributed by atoms with van der Waals surface area (Å²) in [5, 5.41) is 34.0. The number of fused-ring (bicyclic) bond motifs is 6. The van der Waals surface area contributed by atoms with Crippen molar-refractivity contribution in [3.8, 4) is 85.2 Å². The molecule has 0 amide bonds. The van der Waals surface area contributed by atoms with E-state index in [4.69, 9.17) is 19.7 Å². The zero-order valence-electron chi connectivity index (χ0n) is 40.8. The molecule has 0 bridgehead atoms. The first-order valence-corrected chi connectivity index (χ1v) is 24.3. The molecule has 0 atom stereocenters. The molecule has 2 heterocycles. The van der Waals surface area contributed by atoms with Gasteiger partial charge in [0.2, 0.25) is 0 Å². The minimum Gasteiger partial charge on any atom is -0.309 e. The van der Waals surface area contributed by atoms with Crippen LogP contribution in [-0.2, 0) is 6.18 Å². The molecule has 0 fully saturated rings. The van der Waals surface area contributed by atoms with Crippen LogP contribution in [0, 0.1) is 53.7 Å². The van der Waals surface area contributed by atoms with Gasteiger partial charge in [0.05, 0.1) is 87.6 Å². The normalized spacial score (nSPS) is 11.2. The molecule has 0 aliphatic carbocycles. The zero-order valence-corrected chi connectivity index (χ0v) is 40.8. The first-order valence-electron chi connectivity index (χ1n) is 24.3. The Kier molecular flexibility index (Phi) is 11.4. The summed E-state index contributed by atoms with van der Waals surface area (Å²) in [7, 11) is 0. The van der Waals surface area contributed by atoms with E-state index in [2.05, 4.69) is 32.7 Å². The average Bonchev–Trinajstić information content (AvgIpc) is 4.08. The lowest BCUT2D eigenvalue weighted by Crippen LogP contribution is -2.09. The molecule has 362 valence electrons. The summed E-state index contributed by atoms with van der Waals surface area (Å²) < 4.78 is 51.3. The van der Waals surface area contributed by atoms with E-state index in [1.54, 1.807) is 60.7 Å². The van der Waals surface area contributed by atoms with Crippen molar-refractivity contribution in [1.82, 2.24) is 9.13 Å². The van der Waals surface area contributed by atoms with Gasteiger partial charge in [-0.25, -0.2) is 14.5 Å². The maximum Gasteiger partial charge on any atom is 0.415 e. The van der Waals surface area contributed by atoms with Gasteiger partial charge in [-0.3, -0.25) is 0 Å². The SMILES string of the molecule is [C-]#[N+]c1ccc(-c2ccc3c4ccc(-c5ccc(C#N)cc5)cc4n(-c4cc(-c5ccc([N+]#[C-])cc5C(F)(F)F)c(-n5c6cc(-c7ccc(C#N)cc7)ccc6c6ccc(-c7ccc([N+]#[C-])cc7)cc65)cc4C#N)c3c2)cc1. The molecule has 2 aromatic heterocycles. The molecule has 0 aliphatic rings. The molecule has 11 heteroatoms. The monoisotopic (exact) mass is 1010 g/mol. The molecule has 12 aromatic rings. The van der Waals surface area contributed by atoms with Crippen LogP contribution in [0.1, 0.15) is 22.3 Å². The highest BCUT2D eigenvalue weighted by Crippen LogP contribution is 2.47. The van der Waals surface area contributed by atoms with Gasteiger partial charge in [-0.2, -0.15) is 29.0 Å². The Hall–Kier alpha value is -11.5. The van der Waals surface area contributed by atoms with E-state index in [0.29, 0.717) is 44.6 Å². The number of alkyl halides is 3. The van der Waals surface area contributed by atoms with Gasteiger partial charge in [-0.15, -0.1) is 0 Å². The van der Waals surface area contributed by atoms with E-state index < -0.39 is 11.7 Å². The summed E-state index contributed by atoms with van der Waals surface area (Å²) in [4.78, 5) is 10.5. The van der Waals surface area contributed by atoms with E-state index in [-0.39, 0.29) is 33.8 Å². The van der Waals surface area contributed by atoms with Gasteiger partial charge in [0, 0.05) is 27.1 Å². The van der Waals surface area contributed by atoms with Crippen LogP contribution in [0.15, 0.2) is 200 Å². The van der Waals surface area contributed by atoms with Crippen LogP contribution in [-0.4, -0.2) is 9.13 Å². The first kappa shape index (κ1) is 47.5. The van der Waals surface area contributed by atoms with E-state index in [9.17, 15) is 15.8 Å². The molecule has 0 N–H and O–H groups in total. The Labute approximate surface area is 444 Å².